The summed E-state index contributed by atoms with van der Waals surface area (Å²) in [6.07, 6.45) is -0.167. The quantitative estimate of drug-likeness (QED) is 0.779. The van der Waals surface area contributed by atoms with E-state index in [1.807, 2.05) is 0 Å². The molecule has 3 aromatic rings. The van der Waals surface area contributed by atoms with Crippen LogP contribution < -0.4 is 5.56 Å². The third kappa shape index (κ3) is 3.69. The number of nitrogens with zero attached hydrogens (tertiary/aromatic N) is 2. The molecule has 0 unspecified atom stereocenters. The monoisotopic (exact) mass is 359 g/mol. The van der Waals surface area contributed by atoms with Crippen molar-refractivity contribution in [1.82, 2.24) is 14.9 Å². The second-order valence-electron chi connectivity index (χ2n) is 5.66. The molecule has 1 heterocycles. The number of amides is 1. The predicted molar refractivity (Wildman–Crippen MR) is 94.0 cm³/mol. The molecule has 0 aliphatic rings. The van der Waals surface area contributed by atoms with E-state index < -0.39 is 5.82 Å². The first-order valence-electron chi connectivity index (χ1n) is 7.60. The number of aromatic amines is 1. The third-order valence-electron chi connectivity index (χ3n) is 3.86. The molecule has 0 spiro atoms. The van der Waals surface area contributed by atoms with Crippen LogP contribution in [-0.2, 0) is 17.8 Å². The molecule has 7 heteroatoms. The molecule has 2 aromatic carbocycles. The minimum atomic E-state index is -0.522. The van der Waals surface area contributed by atoms with E-state index in [-0.39, 0.29) is 35.0 Å². The van der Waals surface area contributed by atoms with E-state index in [0.29, 0.717) is 16.7 Å². The smallest absolute Gasteiger partial charge is 0.258 e. The first-order chi connectivity index (χ1) is 12.0. The molecule has 0 fully saturated rings. The lowest BCUT2D eigenvalue weighted by atomic mass is 10.1. The SMILES string of the molecule is CN(Cc1nc2ccccc2c(=O)[nH]1)C(=O)Cc1c(F)cccc1Cl. The van der Waals surface area contributed by atoms with Crippen LogP contribution in [0.25, 0.3) is 10.9 Å². The second-order valence-corrected chi connectivity index (χ2v) is 6.06. The largest absolute Gasteiger partial charge is 0.338 e. The topological polar surface area (TPSA) is 66.1 Å². The Morgan fingerprint density at radius 1 is 1.24 bits per heavy atom. The summed E-state index contributed by atoms with van der Waals surface area (Å²) in [5.41, 5.74) is 0.443. The zero-order valence-electron chi connectivity index (χ0n) is 13.4. The van der Waals surface area contributed by atoms with E-state index in [0.717, 1.165) is 0 Å². The third-order valence-corrected chi connectivity index (χ3v) is 4.22. The van der Waals surface area contributed by atoms with E-state index >= 15 is 0 Å². The van der Waals surface area contributed by atoms with Crippen LogP contribution in [0.3, 0.4) is 0 Å². The number of benzene rings is 2. The highest BCUT2D eigenvalue weighted by Crippen LogP contribution is 2.20. The number of hydrogen-bond donors (Lipinski definition) is 1. The molecule has 5 nitrogen and oxygen atoms in total. The van der Waals surface area contributed by atoms with E-state index in [4.69, 9.17) is 11.6 Å². The predicted octanol–water partition coefficient (Wildman–Crippen LogP) is 2.92. The van der Waals surface area contributed by atoms with Crippen LogP contribution in [0.4, 0.5) is 4.39 Å². The summed E-state index contributed by atoms with van der Waals surface area (Å²) < 4.78 is 13.8. The van der Waals surface area contributed by atoms with Crippen molar-refractivity contribution in [1.29, 1.82) is 0 Å². The van der Waals surface area contributed by atoms with E-state index in [1.165, 1.54) is 23.1 Å². The van der Waals surface area contributed by atoms with Crippen LogP contribution >= 0.6 is 11.6 Å². The number of carbonyl (C=O) groups excluding carboxylic acids is 1. The lowest BCUT2D eigenvalue weighted by Gasteiger charge is -2.17. The standard InChI is InChI=1S/C18H15ClFN3O2/c1-23(17(24)9-12-13(19)6-4-7-14(12)20)10-16-21-15-8-3-2-5-11(15)18(25)22-16/h2-8H,9-10H2,1H3,(H,21,22,25). The highest BCUT2D eigenvalue weighted by atomic mass is 35.5. The van der Waals surface area contributed by atoms with Gasteiger partial charge in [0.1, 0.15) is 11.6 Å². The minimum absolute atomic E-state index is 0.102. The maximum atomic E-state index is 13.8. The molecule has 3 rings (SSSR count). The molecule has 25 heavy (non-hydrogen) atoms. The minimum Gasteiger partial charge on any atom is -0.338 e. The fourth-order valence-corrected chi connectivity index (χ4v) is 2.74. The van der Waals surface area contributed by atoms with Crippen molar-refractivity contribution in [2.45, 2.75) is 13.0 Å². The van der Waals surface area contributed by atoms with Crippen molar-refractivity contribution in [2.24, 2.45) is 0 Å². The lowest BCUT2D eigenvalue weighted by molar-refractivity contribution is -0.129. The number of aromatic nitrogens is 2. The van der Waals surface area contributed by atoms with Gasteiger partial charge in [-0.2, -0.15) is 0 Å². The van der Waals surface area contributed by atoms with Crippen LogP contribution in [-0.4, -0.2) is 27.8 Å². The molecule has 1 aromatic heterocycles. The van der Waals surface area contributed by atoms with Crippen molar-refractivity contribution < 1.29 is 9.18 Å². The van der Waals surface area contributed by atoms with Crippen molar-refractivity contribution in [2.75, 3.05) is 7.05 Å². The van der Waals surface area contributed by atoms with Crippen LogP contribution in [0, 0.1) is 5.82 Å². The molecule has 0 aliphatic carbocycles. The van der Waals surface area contributed by atoms with Gasteiger partial charge in [-0.1, -0.05) is 29.8 Å². The number of hydrogen-bond acceptors (Lipinski definition) is 3. The molecule has 0 saturated carbocycles. The highest BCUT2D eigenvalue weighted by molar-refractivity contribution is 6.31. The number of halogens is 2. The zero-order valence-corrected chi connectivity index (χ0v) is 14.2. The lowest BCUT2D eigenvalue weighted by Crippen LogP contribution is -2.30. The summed E-state index contributed by atoms with van der Waals surface area (Å²) in [7, 11) is 1.56. The van der Waals surface area contributed by atoms with Gasteiger partial charge in [0.2, 0.25) is 5.91 Å². The number of carbonyl (C=O) groups is 1. The molecular formula is C18H15ClFN3O2. The summed E-state index contributed by atoms with van der Waals surface area (Å²) in [5.74, 6) is -0.492. The summed E-state index contributed by atoms with van der Waals surface area (Å²) >= 11 is 5.95. The molecule has 0 bridgehead atoms. The van der Waals surface area contributed by atoms with Crippen molar-refractivity contribution in [3.05, 3.63) is 75.0 Å². The van der Waals surface area contributed by atoms with E-state index in [1.54, 1.807) is 31.3 Å². The van der Waals surface area contributed by atoms with Gasteiger partial charge in [-0.05, 0) is 24.3 Å². The van der Waals surface area contributed by atoms with Gasteiger partial charge in [-0.3, -0.25) is 9.59 Å². The van der Waals surface area contributed by atoms with Gasteiger partial charge in [0.05, 0.1) is 23.9 Å². The van der Waals surface area contributed by atoms with Crippen molar-refractivity contribution in [3.63, 3.8) is 0 Å². The fourth-order valence-electron chi connectivity index (χ4n) is 2.51. The first-order valence-corrected chi connectivity index (χ1v) is 7.98. The average Bonchev–Trinajstić information content (AvgIpc) is 2.58. The summed E-state index contributed by atoms with van der Waals surface area (Å²) in [6.45, 7) is 0.102. The Labute approximate surface area is 148 Å². The average molecular weight is 360 g/mol. The number of fused-ring (bicyclic) bond motifs is 1. The summed E-state index contributed by atoms with van der Waals surface area (Å²) in [5, 5.41) is 0.692. The molecule has 0 atom stereocenters. The highest BCUT2D eigenvalue weighted by Gasteiger charge is 2.16. The van der Waals surface area contributed by atoms with Gasteiger partial charge < -0.3 is 9.88 Å². The molecule has 0 saturated heterocycles. The summed E-state index contributed by atoms with van der Waals surface area (Å²) in [6, 6.07) is 11.2. The van der Waals surface area contributed by atoms with Crippen molar-refractivity contribution in [3.8, 4) is 0 Å². The number of rotatable bonds is 4. The van der Waals surface area contributed by atoms with Crippen LogP contribution in [0.2, 0.25) is 5.02 Å². The molecular weight excluding hydrogens is 345 g/mol. The Morgan fingerprint density at radius 2 is 2.00 bits per heavy atom. The number of H-pyrrole nitrogens is 1. The molecule has 1 amide bonds. The Morgan fingerprint density at radius 3 is 2.76 bits per heavy atom. The van der Waals surface area contributed by atoms with Crippen LogP contribution in [0.15, 0.2) is 47.3 Å². The second kappa shape index (κ2) is 7.03. The summed E-state index contributed by atoms with van der Waals surface area (Å²) in [4.78, 5) is 32.8. The molecule has 0 radical (unpaired) electrons. The van der Waals surface area contributed by atoms with Gasteiger partial charge in [-0.25, -0.2) is 9.37 Å². The number of nitrogens with one attached hydrogen (secondary N) is 1. The van der Waals surface area contributed by atoms with E-state index in [9.17, 15) is 14.0 Å². The molecule has 0 aliphatic heterocycles. The van der Waals surface area contributed by atoms with Crippen LogP contribution in [0.5, 0.6) is 0 Å². The normalized spacial score (nSPS) is 10.8. The van der Waals surface area contributed by atoms with Gasteiger partial charge in [0.25, 0.3) is 5.56 Å². The Hall–Kier alpha value is -2.73. The van der Waals surface area contributed by atoms with E-state index in [2.05, 4.69) is 9.97 Å². The maximum Gasteiger partial charge on any atom is 0.258 e. The number of para-hydroxylation sites is 1. The van der Waals surface area contributed by atoms with Gasteiger partial charge >= 0.3 is 0 Å². The Kier molecular flexibility index (Phi) is 4.81. The van der Waals surface area contributed by atoms with Crippen molar-refractivity contribution >= 4 is 28.4 Å². The van der Waals surface area contributed by atoms with Gasteiger partial charge in [-0.15, -0.1) is 0 Å². The van der Waals surface area contributed by atoms with Gasteiger partial charge in [0, 0.05) is 17.6 Å². The van der Waals surface area contributed by atoms with Gasteiger partial charge in [0.15, 0.2) is 0 Å². The molecule has 128 valence electrons. The zero-order chi connectivity index (χ0) is 18.0. The first kappa shape index (κ1) is 17.1. The maximum absolute atomic E-state index is 13.8. The number of likely N-dealkylation sites (N-methyl/N-ethyl adjacent to an activating group) is 1. The molecule has 1 N–H and O–H groups in total. The fraction of sp³-hybridized carbons (Fsp3) is 0.167. The Balaban J connectivity index is 1.79. The Bertz CT molecular complexity index is 983. The van der Waals surface area contributed by atoms with Crippen LogP contribution in [0.1, 0.15) is 11.4 Å².